The molecule has 0 radical (unpaired) electrons. The number of aryl methyl sites for hydroxylation is 2. The summed E-state index contributed by atoms with van der Waals surface area (Å²) in [6, 6.07) is 14.5. The second-order valence-corrected chi connectivity index (χ2v) is 5.48. The highest BCUT2D eigenvalue weighted by Crippen LogP contribution is 2.43. The van der Waals surface area contributed by atoms with Crippen LogP contribution in [0.1, 0.15) is 16.9 Å². The van der Waals surface area contributed by atoms with Gasteiger partial charge in [0.2, 0.25) is 0 Å². The zero-order chi connectivity index (χ0) is 14.4. The Morgan fingerprint density at radius 3 is 2.52 bits per heavy atom. The first-order valence-electron chi connectivity index (χ1n) is 7.02. The maximum atomic E-state index is 5.74. The Labute approximate surface area is 123 Å². The fourth-order valence-corrected chi connectivity index (χ4v) is 2.72. The van der Waals surface area contributed by atoms with Crippen LogP contribution in [-0.4, -0.2) is 5.16 Å². The summed E-state index contributed by atoms with van der Waals surface area (Å²) in [5.74, 6) is 1.69. The summed E-state index contributed by atoms with van der Waals surface area (Å²) in [6.07, 6.45) is 0. The molecule has 0 spiro atoms. The second-order valence-electron chi connectivity index (χ2n) is 5.48. The minimum absolute atomic E-state index is 0.435. The van der Waals surface area contributed by atoms with Crippen molar-refractivity contribution in [2.45, 2.75) is 20.5 Å². The number of hydrogen-bond donors (Lipinski definition) is 0. The molecule has 2 heterocycles. The predicted octanol–water partition coefficient (Wildman–Crippen LogP) is 4.52. The van der Waals surface area contributed by atoms with Gasteiger partial charge in [0.05, 0.1) is 5.56 Å². The van der Waals surface area contributed by atoms with Gasteiger partial charge in [0.1, 0.15) is 18.1 Å². The Morgan fingerprint density at radius 1 is 0.952 bits per heavy atom. The minimum atomic E-state index is 0.435. The first-order valence-corrected chi connectivity index (χ1v) is 7.02. The van der Waals surface area contributed by atoms with Gasteiger partial charge in [0, 0.05) is 11.1 Å². The van der Waals surface area contributed by atoms with E-state index in [1.807, 2.05) is 6.07 Å². The molecule has 0 unspecified atom stereocenters. The molecule has 1 aromatic heterocycles. The van der Waals surface area contributed by atoms with E-state index in [-0.39, 0.29) is 0 Å². The largest absolute Gasteiger partial charge is 0.485 e. The standard InChI is InChI=1S/C18H15NO2/c1-11-3-6-13(7-4-11)18-17-14-9-12(2)5-8-15(14)20-10-16(17)21-19-18/h3-9H,10H2,1-2H3. The number of benzene rings is 2. The van der Waals surface area contributed by atoms with Gasteiger partial charge in [0.25, 0.3) is 0 Å². The molecule has 3 aromatic rings. The average molecular weight is 277 g/mol. The lowest BCUT2D eigenvalue weighted by Crippen LogP contribution is -2.04. The lowest BCUT2D eigenvalue weighted by molar-refractivity contribution is 0.246. The maximum Gasteiger partial charge on any atom is 0.182 e. The molecule has 1 aliphatic rings. The molecule has 0 saturated heterocycles. The van der Waals surface area contributed by atoms with E-state index in [1.165, 1.54) is 11.1 Å². The maximum absolute atomic E-state index is 5.74. The van der Waals surface area contributed by atoms with Crippen LogP contribution in [0.5, 0.6) is 5.75 Å². The molecule has 3 nitrogen and oxygen atoms in total. The van der Waals surface area contributed by atoms with E-state index in [2.05, 4.69) is 55.4 Å². The smallest absolute Gasteiger partial charge is 0.182 e. The van der Waals surface area contributed by atoms with E-state index in [4.69, 9.17) is 9.26 Å². The summed E-state index contributed by atoms with van der Waals surface area (Å²) < 4.78 is 11.2. The Bertz CT molecular complexity index is 816. The Hall–Kier alpha value is -2.55. The summed E-state index contributed by atoms with van der Waals surface area (Å²) in [5, 5.41) is 4.27. The number of hydrogen-bond acceptors (Lipinski definition) is 3. The van der Waals surface area contributed by atoms with Crippen LogP contribution in [-0.2, 0) is 6.61 Å². The van der Waals surface area contributed by atoms with Crippen LogP contribution >= 0.6 is 0 Å². The highest BCUT2D eigenvalue weighted by Gasteiger charge is 2.26. The van der Waals surface area contributed by atoms with Crippen molar-refractivity contribution < 1.29 is 9.26 Å². The minimum Gasteiger partial charge on any atom is -0.485 e. The number of nitrogens with zero attached hydrogens (tertiary/aromatic N) is 1. The quantitative estimate of drug-likeness (QED) is 0.656. The van der Waals surface area contributed by atoms with Crippen molar-refractivity contribution in [2.24, 2.45) is 0 Å². The number of rotatable bonds is 1. The highest BCUT2D eigenvalue weighted by molar-refractivity contribution is 5.86. The van der Waals surface area contributed by atoms with Crippen molar-refractivity contribution >= 4 is 0 Å². The number of aromatic nitrogens is 1. The van der Waals surface area contributed by atoms with E-state index >= 15 is 0 Å². The van der Waals surface area contributed by atoms with Gasteiger partial charge in [-0.25, -0.2) is 0 Å². The summed E-state index contributed by atoms with van der Waals surface area (Å²) >= 11 is 0. The van der Waals surface area contributed by atoms with Gasteiger partial charge in [-0.05, 0) is 26.0 Å². The van der Waals surface area contributed by atoms with Crippen molar-refractivity contribution in [1.82, 2.24) is 5.16 Å². The zero-order valence-corrected chi connectivity index (χ0v) is 12.0. The fraction of sp³-hybridized carbons (Fsp3) is 0.167. The predicted molar refractivity (Wildman–Crippen MR) is 81.2 cm³/mol. The van der Waals surface area contributed by atoms with Crippen molar-refractivity contribution in [3.63, 3.8) is 0 Å². The Balaban J connectivity index is 1.94. The molecule has 104 valence electrons. The molecule has 0 N–H and O–H groups in total. The Morgan fingerprint density at radius 2 is 1.71 bits per heavy atom. The number of fused-ring (bicyclic) bond motifs is 3. The average Bonchev–Trinajstić information content (AvgIpc) is 2.92. The van der Waals surface area contributed by atoms with Crippen LogP contribution in [0, 0.1) is 13.8 Å². The first-order chi connectivity index (χ1) is 10.2. The lowest BCUT2D eigenvalue weighted by Gasteiger charge is -2.17. The SMILES string of the molecule is Cc1ccc(-c2noc3c2-c2cc(C)ccc2OC3)cc1. The van der Waals surface area contributed by atoms with Crippen LogP contribution in [0.25, 0.3) is 22.4 Å². The van der Waals surface area contributed by atoms with Crippen LogP contribution in [0.3, 0.4) is 0 Å². The molecular formula is C18H15NO2. The van der Waals surface area contributed by atoms with Crippen LogP contribution < -0.4 is 4.74 Å². The van der Waals surface area contributed by atoms with E-state index in [0.717, 1.165) is 33.9 Å². The molecule has 0 saturated carbocycles. The molecule has 0 bridgehead atoms. The molecular weight excluding hydrogens is 262 g/mol. The summed E-state index contributed by atoms with van der Waals surface area (Å²) in [5.41, 5.74) is 6.51. The van der Waals surface area contributed by atoms with Crippen molar-refractivity contribution in [2.75, 3.05) is 0 Å². The second kappa shape index (κ2) is 4.48. The summed E-state index contributed by atoms with van der Waals surface area (Å²) in [7, 11) is 0. The van der Waals surface area contributed by atoms with E-state index in [1.54, 1.807) is 0 Å². The fourth-order valence-electron chi connectivity index (χ4n) is 2.72. The third-order valence-electron chi connectivity index (χ3n) is 3.85. The third-order valence-corrected chi connectivity index (χ3v) is 3.85. The van der Waals surface area contributed by atoms with Gasteiger partial charge in [-0.3, -0.25) is 0 Å². The van der Waals surface area contributed by atoms with Crippen LogP contribution in [0.15, 0.2) is 47.0 Å². The van der Waals surface area contributed by atoms with Gasteiger partial charge >= 0.3 is 0 Å². The van der Waals surface area contributed by atoms with Gasteiger partial charge in [-0.1, -0.05) is 46.6 Å². The van der Waals surface area contributed by atoms with Crippen molar-refractivity contribution in [3.8, 4) is 28.1 Å². The van der Waals surface area contributed by atoms with Crippen LogP contribution in [0.4, 0.5) is 0 Å². The third kappa shape index (κ3) is 1.93. The lowest BCUT2D eigenvalue weighted by atomic mass is 9.95. The van der Waals surface area contributed by atoms with Gasteiger partial charge in [0.15, 0.2) is 5.76 Å². The first kappa shape index (κ1) is 12.2. The van der Waals surface area contributed by atoms with Crippen molar-refractivity contribution in [3.05, 3.63) is 59.4 Å². The molecule has 0 fully saturated rings. The van der Waals surface area contributed by atoms with Gasteiger partial charge < -0.3 is 9.26 Å². The van der Waals surface area contributed by atoms with E-state index in [9.17, 15) is 0 Å². The monoisotopic (exact) mass is 277 g/mol. The summed E-state index contributed by atoms with van der Waals surface area (Å²) in [6.45, 7) is 4.59. The summed E-state index contributed by atoms with van der Waals surface area (Å²) in [4.78, 5) is 0. The Kier molecular flexibility index (Phi) is 2.61. The van der Waals surface area contributed by atoms with Gasteiger partial charge in [-0.15, -0.1) is 0 Å². The molecule has 0 aliphatic carbocycles. The molecule has 1 aliphatic heterocycles. The zero-order valence-electron chi connectivity index (χ0n) is 12.0. The molecule has 4 rings (SSSR count). The molecule has 0 atom stereocenters. The topological polar surface area (TPSA) is 35.3 Å². The van der Waals surface area contributed by atoms with Crippen LogP contribution in [0.2, 0.25) is 0 Å². The van der Waals surface area contributed by atoms with E-state index < -0.39 is 0 Å². The molecule has 21 heavy (non-hydrogen) atoms. The molecule has 2 aromatic carbocycles. The highest BCUT2D eigenvalue weighted by atomic mass is 16.5. The van der Waals surface area contributed by atoms with E-state index in [0.29, 0.717) is 6.61 Å². The van der Waals surface area contributed by atoms with Crippen molar-refractivity contribution in [1.29, 1.82) is 0 Å². The molecule has 0 amide bonds. The number of ether oxygens (including phenoxy) is 1. The normalized spacial score (nSPS) is 12.5. The molecule has 3 heteroatoms. The van der Waals surface area contributed by atoms with Gasteiger partial charge in [-0.2, -0.15) is 0 Å².